The third-order valence-corrected chi connectivity index (χ3v) is 2.69. The molecule has 0 spiro atoms. The van der Waals surface area contributed by atoms with E-state index in [1.807, 2.05) is 0 Å². The highest BCUT2D eigenvalue weighted by atomic mass is 19.4. The summed E-state index contributed by atoms with van der Waals surface area (Å²) in [5, 5.41) is 11.2. The molecule has 1 unspecified atom stereocenters. The SMILES string of the molecule is COC(=O)[C@@H](NC(=O)C(F)(F)F)[C@@H](O)C1CCCO1. The lowest BCUT2D eigenvalue weighted by Crippen LogP contribution is -2.56. The van der Waals surface area contributed by atoms with Gasteiger partial charge in [-0.05, 0) is 12.8 Å². The van der Waals surface area contributed by atoms with Crippen LogP contribution in [0.1, 0.15) is 12.8 Å². The average molecular weight is 285 g/mol. The van der Waals surface area contributed by atoms with Crippen LogP contribution in [0.5, 0.6) is 0 Å². The fourth-order valence-corrected chi connectivity index (χ4v) is 1.72. The van der Waals surface area contributed by atoms with E-state index in [0.29, 0.717) is 19.4 Å². The molecule has 1 aliphatic heterocycles. The van der Waals surface area contributed by atoms with Gasteiger partial charge in [-0.1, -0.05) is 0 Å². The second kappa shape index (κ2) is 6.20. The molecular weight excluding hydrogens is 271 g/mol. The molecule has 1 fully saturated rings. The molecule has 19 heavy (non-hydrogen) atoms. The van der Waals surface area contributed by atoms with Gasteiger partial charge in [-0.25, -0.2) is 4.79 Å². The van der Waals surface area contributed by atoms with E-state index >= 15 is 0 Å². The number of carbonyl (C=O) groups is 2. The number of rotatable bonds is 4. The van der Waals surface area contributed by atoms with Crippen molar-refractivity contribution >= 4 is 11.9 Å². The molecule has 1 aliphatic rings. The van der Waals surface area contributed by atoms with E-state index in [4.69, 9.17) is 4.74 Å². The number of hydrogen-bond donors (Lipinski definition) is 2. The van der Waals surface area contributed by atoms with E-state index in [0.717, 1.165) is 7.11 Å². The number of amides is 1. The summed E-state index contributed by atoms with van der Waals surface area (Å²) in [4.78, 5) is 22.2. The van der Waals surface area contributed by atoms with Gasteiger partial charge in [0.2, 0.25) is 0 Å². The van der Waals surface area contributed by atoms with Crippen LogP contribution in [0.4, 0.5) is 13.2 Å². The summed E-state index contributed by atoms with van der Waals surface area (Å²) in [5.41, 5.74) is 0. The zero-order valence-electron chi connectivity index (χ0n) is 10.1. The molecule has 6 nitrogen and oxygen atoms in total. The van der Waals surface area contributed by atoms with Crippen molar-refractivity contribution in [3.8, 4) is 0 Å². The van der Waals surface area contributed by atoms with E-state index in [-0.39, 0.29) is 0 Å². The van der Waals surface area contributed by atoms with Crippen LogP contribution < -0.4 is 5.32 Å². The van der Waals surface area contributed by atoms with Crippen molar-refractivity contribution in [2.45, 2.75) is 37.3 Å². The zero-order valence-corrected chi connectivity index (χ0v) is 10.1. The number of methoxy groups -OCH3 is 1. The van der Waals surface area contributed by atoms with Gasteiger partial charge in [0.25, 0.3) is 0 Å². The van der Waals surface area contributed by atoms with Crippen LogP contribution in [0.25, 0.3) is 0 Å². The molecule has 0 aromatic carbocycles. The van der Waals surface area contributed by atoms with Crippen LogP contribution in [-0.4, -0.2) is 55.1 Å². The first-order chi connectivity index (χ1) is 8.77. The number of nitrogens with one attached hydrogen (secondary N) is 1. The van der Waals surface area contributed by atoms with Crippen molar-refractivity contribution in [2.24, 2.45) is 0 Å². The molecule has 9 heteroatoms. The Morgan fingerprint density at radius 1 is 1.47 bits per heavy atom. The summed E-state index contributed by atoms with van der Waals surface area (Å²) in [5.74, 6) is -3.49. The normalized spacial score (nSPS) is 22.7. The second-order valence-electron chi connectivity index (χ2n) is 4.01. The smallest absolute Gasteiger partial charge is 0.467 e. The topological polar surface area (TPSA) is 84.9 Å². The minimum absolute atomic E-state index is 0.336. The maximum absolute atomic E-state index is 12.1. The van der Waals surface area contributed by atoms with E-state index in [1.54, 1.807) is 0 Å². The van der Waals surface area contributed by atoms with Crippen LogP contribution in [-0.2, 0) is 19.1 Å². The van der Waals surface area contributed by atoms with Gasteiger partial charge in [0.05, 0.1) is 13.2 Å². The van der Waals surface area contributed by atoms with Crippen molar-refractivity contribution in [3.63, 3.8) is 0 Å². The molecule has 0 aromatic rings. The van der Waals surface area contributed by atoms with Gasteiger partial charge < -0.3 is 19.9 Å². The third kappa shape index (κ3) is 4.06. The number of ether oxygens (including phenoxy) is 2. The van der Waals surface area contributed by atoms with Gasteiger partial charge in [-0.15, -0.1) is 0 Å². The molecule has 1 heterocycles. The minimum atomic E-state index is -5.15. The van der Waals surface area contributed by atoms with Crippen molar-refractivity contribution in [1.82, 2.24) is 5.32 Å². The lowest BCUT2D eigenvalue weighted by molar-refractivity contribution is -0.178. The van der Waals surface area contributed by atoms with Crippen molar-refractivity contribution < 1.29 is 37.3 Å². The molecule has 0 bridgehead atoms. The molecule has 110 valence electrons. The maximum Gasteiger partial charge on any atom is 0.471 e. The number of esters is 1. The predicted octanol–water partition coefficient (Wildman–Crippen LogP) is -0.254. The Labute approximate surface area is 106 Å². The van der Waals surface area contributed by atoms with E-state index in [2.05, 4.69) is 4.74 Å². The minimum Gasteiger partial charge on any atom is -0.467 e. The van der Waals surface area contributed by atoms with Gasteiger partial charge in [0.1, 0.15) is 6.10 Å². The Morgan fingerprint density at radius 2 is 2.11 bits per heavy atom. The molecule has 0 aromatic heterocycles. The van der Waals surface area contributed by atoms with Gasteiger partial charge in [-0.3, -0.25) is 4.79 Å². The van der Waals surface area contributed by atoms with Gasteiger partial charge in [-0.2, -0.15) is 13.2 Å². The molecule has 0 radical (unpaired) electrons. The summed E-state index contributed by atoms with van der Waals surface area (Å²) in [6.45, 7) is 0.336. The molecular formula is C10H14F3NO5. The number of halogens is 3. The molecule has 2 N–H and O–H groups in total. The number of aliphatic hydroxyl groups excluding tert-OH is 1. The molecule has 0 aliphatic carbocycles. The molecule has 1 amide bonds. The first-order valence-electron chi connectivity index (χ1n) is 5.52. The van der Waals surface area contributed by atoms with Crippen LogP contribution in [0.3, 0.4) is 0 Å². The van der Waals surface area contributed by atoms with Crippen LogP contribution in [0.15, 0.2) is 0 Å². The number of alkyl halides is 3. The van der Waals surface area contributed by atoms with Crippen molar-refractivity contribution in [1.29, 1.82) is 0 Å². The second-order valence-corrected chi connectivity index (χ2v) is 4.01. The lowest BCUT2D eigenvalue weighted by Gasteiger charge is -2.26. The standard InChI is InChI=1S/C10H14F3NO5/c1-18-8(16)6(14-9(17)10(11,12)13)7(15)5-3-2-4-19-5/h5-7,15H,2-4H2,1H3,(H,14,17)/t5?,6-,7-/m0/s1. The largest absolute Gasteiger partial charge is 0.471 e. The molecule has 1 saturated heterocycles. The Kier molecular flexibility index (Phi) is 5.12. The molecule has 0 saturated carbocycles. The highest BCUT2D eigenvalue weighted by Crippen LogP contribution is 2.20. The average Bonchev–Trinajstić information content (AvgIpc) is 2.86. The quantitative estimate of drug-likeness (QED) is 0.696. The van der Waals surface area contributed by atoms with E-state index in [9.17, 15) is 27.9 Å². The van der Waals surface area contributed by atoms with E-state index < -0.39 is 36.3 Å². The zero-order chi connectivity index (χ0) is 14.6. The van der Waals surface area contributed by atoms with Gasteiger partial charge >= 0.3 is 18.1 Å². The Morgan fingerprint density at radius 3 is 2.53 bits per heavy atom. The maximum atomic E-state index is 12.1. The highest BCUT2D eigenvalue weighted by molar-refractivity contribution is 5.87. The van der Waals surface area contributed by atoms with Crippen molar-refractivity contribution in [2.75, 3.05) is 13.7 Å². The Hall–Kier alpha value is -1.35. The van der Waals surface area contributed by atoms with E-state index in [1.165, 1.54) is 5.32 Å². The number of carbonyl (C=O) groups excluding carboxylic acids is 2. The number of aliphatic hydroxyl groups is 1. The number of hydrogen-bond acceptors (Lipinski definition) is 5. The van der Waals surface area contributed by atoms with Gasteiger partial charge in [0, 0.05) is 6.61 Å². The van der Waals surface area contributed by atoms with Gasteiger partial charge in [0.15, 0.2) is 6.04 Å². The van der Waals surface area contributed by atoms with Crippen molar-refractivity contribution in [3.05, 3.63) is 0 Å². The summed E-state index contributed by atoms with van der Waals surface area (Å²) in [6, 6.07) is -1.82. The molecule has 1 rings (SSSR count). The monoisotopic (exact) mass is 285 g/mol. The van der Waals surface area contributed by atoms with Crippen LogP contribution >= 0.6 is 0 Å². The summed E-state index contributed by atoms with van der Waals surface area (Å²) in [6.07, 6.45) is -6.55. The van der Waals surface area contributed by atoms with Crippen LogP contribution in [0.2, 0.25) is 0 Å². The summed E-state index contributed by atoms with van der Waals surface area (Å²) >= 11 is 0. The third-order valence-electron chi connectivity index (χ3n) is 2.69. The first kappa shape index (κ1) is 15.7. The summed E-state index contributed by atoms with van der Waals surface area (Å²) in [7, 11) is 0.942. The predicted molar refractivity (Wildman–Crippen MR) is 55.0 cm³/mol. The fourth-order valence-electron chi connectivity index (χ4n) is 1.72. The summed E-state index contributed by atoms with van der Waals surface area (Å²) < 4.78 is 45.8. The molecule has 3 atom stereocenters. The highest BCUT2D eigenvalue weighted by Gasteiger charge is 2.44. The fraction of sp³-hybridized carbons (Fsp3) is 0.800. The Bertz CT molecular complexity index is 341. The first-order valence-corrected chi connectivity index (χ1v) is 5.52. The Balaban J connectivity index is 2.77. The lowest BCUT2D eigenvalue weighted by atomic mass is 10.0. The van der Waals surface area contributed by atoms with Crippen LogP contribution in [0, 0.1) is 0 Å².